The van der Waals surface area contributed by atoms with Gasteiger partial charge < -0.3 is 5.32 Å². The summed E-state index contributed by atoms with van der Waals surface area (Å²) >= 11 is 1.67. The van der Waals surface area contributed by atoms with Crippen LogP contribution in [0.2, 0.25) is 0 Å². The van der Waals surface area contributed by atoms with E-state index < -0.39 is 0 Å². The third-order valence-corrected chi connectivity index (χ3v) is 3.70. The maximum Gasteiger partial charge on any atom is 0.225 e. The van der Waals surface area contributed by atoms with Crippen LogP contribution < -0.4 is 5.32 Å². The molecule has 1 amide bonds. The van der Waals surface area contributed by atoms with Gasteiger partial charge in [-0.05, 0) is 32.2 Å². The summed E-state index contributed by atoms with van der Waals surface area (Å²) in [6.07, 6.45) is 2.52. The van der Waals surface area contributed by atoms with Gasteiger partial charge in [0.2, 0.25) is 5.91 Å². The second-order valence-electron chi connectivity index (χ2n) is 4.58. The highest BCUT2D eigenvalue weighted by Crippen LogP contribution is 2.22. The van der Waals surface area contributed by atoms with Gasteiger partial charge in [0, 0.05) is 12.2 Å². The molecule has 2 rings (SSSR count). The Balaban J connectivity index is 2.23. The molecule has 0 spiro atoms. The molecule has 0 bridgehead atoms. The van der Waals surface area contributed by atoms with Gasteiger partial charge in [-0.3, -0.25) is 4.79 Å². The van der Waals surface area contributed by atoms with Crippen molar-refractivity contribution in [2.45, 2.75) is 20.3 Å². The zero-order chi connectivity index (χ0) is 14.5. The van der Waals surface area contributed by atoms with Crippen LogP contribution in [0.4, 0.5) is 5.69 Å². The number of thioether (sulfide) groups is 1. The van der Waals surface area contributed by atoms with E-state index in [4.69, 9.17) is 0 Å². The first-order valence-electron chi connectivity index (χ1n) is 6.54. The van der Waals surface area contributed by atoms with Crippen LogP contribution in [0.3, 0.4) is 0 Å². The van der Waals surface area contributed by atoms with Crippen LogP contribution in [-0.2, 0) is 4.79 Å². The summed E-state index contributed by atoms with van der Waals surface area (Å²) in [7, 11) is 0. The summed E-state index contributed by atoms with van der Waals surface area (Å²) < 4.78 is 1.86. The second kappa shape index (κ2) is 6.61. The van der Waals surface area contributed by atoms with Crippen molar-refractivity contribution in [2.75, 3.05) is 17.3 Å². The lowest BCUT2D eigenvalue weighted by molar-refractivity contribution is -0.115. The van der Waals surface area contributed by atoms with Gasteiger partial charge in [0.25, 0.3) is 0 Å². The monoisotopic (exact) mass is 289 g/mol. The summed E-state index contributed by atoms with van der Waals surface area (Å²) in [4.78, 5) is 11.9. The molecule has 0 aliphatic heterocycles. The molecule has 0 fully saturated rings. The highest BCUT2D eigenvalue weighted by molar-refractivity contribution is 7.98. The van der Waals surface area contributed by atoms with E-state index in [1.165, 1.54) is 0 Å². The van der Waals surface area contributed by atoms with E-state index in [0.29, 0.717) is 6.42 Å². The van der Waals surface area contributed by atoms with Crippen molar-refractivity contribution < 1.29 is 4.79 Å². The minimum Gasteiger partial charge on any atom is -0.323 e. The fraction of sp³-hybridized carbons (Fsp3) is 0.333. The fourth-order valence-corrected chi connectivity index (χ4v) is 2.43. The third-order valence-electron chi connectivity index (χ3n) is 3.09. The van der Waals surface area contributed by atoms with Crippen LogP contribution in [0.1, 0.15) is 17.8 Å². The predicted molar refractivity (Wildman–Crippen MR) is 84.7 cm³/mol. The quantitative estimate of drug-likeness (QED) is 0.919. The number of carbonyl (C=O) groups excluding carboxylic acids is 1. The number of hydrogen-bond acceptors (Lipinski definition) is 3. The smallest absolute Gasteiger partial charge is 0.225 e. The largest absolute Gasteiger partial charge is 0.323 e. The van der Waals surface area contributed by atoms with Gasteiger partial charge >= 0.3 is 0 Å². The number of anilines is 1. The Labute approximate surface area is 123 Å². The summed E-state index contributed by atoms with van der Waals surface area (Å²) in [5.74, 6) is 0.870. The number of carbonyl (C=O) groups is 1. The van der Waals surface area contributed by atoms with Crippen LogP contribution in [0.25, 0.3) is 5.69 Å². The molecule has 1 aromatic carbocycles. The van der Waals surface area contributed by atoms with E-state index in [9.17, 15) is 4.79 Å². The number of nitrogens with zero attached hydrogens (tertiary/aromatic N) is 2. The molecule has 5 heteroatoms. The van der Waals surface area contributed by atoms with Crippen molar-refractivity contribution in [2.24, 2.45) is 0 Å². The topological polar surface area (TPSA) is 46.9 Å². The first kappa shape index (κ1) is 14.7. The van der Waals surface area contributed by atoms with Crippen molar-refractivity contribution in [3.05, 3.63) is 41.7 Å². The van der Waals surface area contributed by atoms with Crippen molar-refractivity contribution in [1.29, 1.82) is 0 Å². The van der Waals surface area contributed by atoms with E-state index >= 15 is 0 Å². The molecule has 0 radical (unpaired) electrons. The SMILES string of the molecule is CSCCC(=O)Nc1c(C)nn(-c2ccccc2)c1C. The van der Waals surface area contributed by atoms with Crippen molar-refractivity contribution in [1.82, 2.24) is 9.78 Å². The van der Waals surface area contributed by atoms with E-state index in [1.54, 1.807) is 11.8 Å². The average molecular weight is 289 g/mol. The number of rotatable bonds is 5. The van der Waals surface area contributed by atoms with Crippen LogP contribution in [0.5, 0.6) is 0 Å². The fourth-order valence-electron chi connectivity index (χ4n) is 2.04. The summed E-state index contributed by atoms with van der Waals surface area (Å²) in [5, 5.41) is 7.48. The molecule has 1 N–H and O–H groups in total. The molecule has 2 aromatic rings. The molecule has 1 heterocycles. The highest BCUT2D eigenvalue weighted by atomic mass is 32.2. The first-order chi connectivity index (χ1) is 9.63. The number of benzene rings is 1. The summed E-state index contributed by atoms with van der Waals surface area (Å²) in [6.45, 7) is 3.88. The van der Waals surface area contributed by atoms with Gasteiger partial charge in [-0.25, -0.2) is 4.68 Å². The molecule has 0 aliphatic rings. The number of nitrogens with one attached hydrogen (secondary N) is 1. The van der Waals surface area contributed by atoms with E-state index in [2.05, 4.69) is 10.4 Å². The normalized spacial score (nSPS) is 10.6. The lowest BCUT2D eigenvalue weighted by Crippen LogP contribution is -2.13. The van der Waals surface area contributed by atoms with Gasteiger partial charge in [0.05, 0.1) is 22.8 Å². The molecular weight excluding hydrogens is 270 g/mol. The van der Waals surface area contributed by atoms with Gasteiger partial charge in [0.15, 0.2) is 0 Å². The minimum absolute atomic E-state index is 0.0400. The number of aromatic nitrogens is 2. The number of aryl methyl sites for hydroxylation is 1. The lowest BCUT2D eigenvalue weighted by atomic mass is 10.3. The number of amides is 1. The molecule has 0 saturated carbocycles. The maximum absolute atomic E-state index is 11.9. The zero-order valence-electron chi connectivity index (χ0n) is 12.0. The van der Waals surface area contributed by atoms with Gasteiger partial charge in [-0.15, -0.1) is 0 Å². The molecule has 0 aliphatic carbocycles. The van der Waals surface area contributed by atoms with Gasteiger partial charge in [-0.1, -0.05) is 18.2 Å². The maximum atomic E-state index is 11.9. The predicted octanol–water partition coefficient (Wildman–Crippen LogP) is 3.18. The van der Waals surface area contributed by atoms with Crippen LogP contribution in [0, 0.1) is 13.8 Å². The molecule has 0 saturated heterocycles. The van der Waals surface area contributed by atoms with E-state index in [-0.39, 0.29) is 5.91 Å². The van der Waals surface area contributed by atoms with Crippen LogP contribution in [0.15, 0.2) is 30.3 Å². The Kier molecular flexibility index (Phi) is 4.84. The minimum atomic E-state index is 0.0400. The van der Waals surface area contributed by atoms with Crippen molar-refractivity contribution in [3.63, 3.8) is 0 Å². The Morgan fingerprint density at radius 1 is 1.30 bits per heavy atom. The van der Waals surface area contributed by atoms with Crippen LogP contribution >= 0.6 is 11.8 Å². The van der Waals surface area contributed by atoms with E-state index in [1.807, 2.05) is 55.1 Å². The van der Waals surface area contributed by atoms with E-state index in [0.717, 1.165) is 28.5 Å². The van der Waals surface area contributed by atoms with Crippen molar-refractivity contribution in [3.8, 4) is 5.69 Å². The van der Waals surface area contributed by atoms with Crippen LogP contribution in [-0.4, -0.2) is 27.7 Å². The highest BCUT2D eigenvalue weighted by Gasteiger charge is 2.14. The molecule has 1 aromatic heterocycles. The van der Waals surface area contributed by atoms with Gasteiger partial charge in [-0.2, -0.15) is 16.9 Å². The standard InChI is InChI=1S/C15H19N3OS/c1-11-15(16-14(19)9-10-20-3)12(2)18(17-11)13-7-5-4-6-8-13/h4-8H,9-10H2,1-3H3,(H,16,19). The summed E-state index contributed by atoms with van der Waals surface area (Å²) in [6, 6.07) is 9.92. The number of para-hydroxylation sites is 1. The van der Waals surface area contributed by atoms with Crippen molar-refractivity contribution >= 4 is 23.4 Å². The lowest BCUT2D eigenvalue weighted by Gasteiger charge is -2.06. The first-order valence-corrected chi connectivity index (χ1v) is 7.93. The average Bonchev–Trinajstić information content (AvgIpc) is 2.74. The molecule has 0 atom stereocenters. The Bertz CT molecular complexity index is 593. The summed E-state index contributed by atoms with van der Waals surface area (Å²) in [5.41, 5.74) is 3.60. The molecule has 20 heavy (non-hydrogen) atoms. The molecule has 0 unspecified atom stereocenters. The molecule has 4 nitrogen and oxygen atoms in total. The number of hydrogen-bond donors (Lipinski definition) is 1. The molecular formula is C15H19N3OS. The Morgan fingerprint density at radius 3 is 2.65 bits per heavy atom. The second-order valence-corrected chi connectivity index (χ2v) is 5.57. The molecule has 106 valence electrons. The van der Waals surface area contributed by atoms with Gasteiger partial charge in [0.1, 0.15) is 0 Å². The Hall–Kier alpha value is -1.75. The Morgan fingerprint density at radius 2 is 2.00 bits per heavy atom. The zero-order valence-corrected chi connectivity index (χ0v) is 12.8. The third kappa shape index (κ3) is 3.22.